The van der Waals surface area contributed by atoms with E-state index in [0.29, 0.717) is 55.5 Å². The maximum absolute atomic E-state index is 13.5. The van der Waals surface area contributed by atoms with Crippen molar-refractivity contribution in [2.45, 2.75) is 33.2 Å². The largest absolute Gasteiger partial charge is 0.489 e. The third-order valence-electron chi connectivity index (χ3n) is 7.47. The average Bonchev–Trinajstić information content (AvgIpc) is 2.93. The van der Waals surface area contributed by atoms with Crippen molar-refractivity contribution in [2.75, 3.05) is 39.3 Å². The Morgan fingerprint density at radius 1 is 1.05 bits per heavy atom. The molecule has 2 bridgehead atoms. The summed E-state index contributed by atoms with van der Waals surface area (Å²) >= 11 is 6.03. The van der Waals surface area contributed by atoms with Gasteiger partial charge in [0.2, 0.25) is 11.8 Å². The highest BCUT2D eigenvalue weighted by Gasteiger charge is 2.33. The van der Waals surface area contributed by atoms with Crippen LogP contribution < -0.4 is 4.74 Å². The molecule has 0 radical (unpaired) electrons. The summed E-state index contributed by atoms with van der Waals surface area (Å²) in [5.41, 5.74) is 1.30. The SMILES string of the molecule is CCN(CC)C(=O)C[C@@H]1CCN2C[C@@H]1/C=C\COc1ccccc1CN(C(=O)c1ccc(Cl)cc1)CC2=O. The summed E-state index contributed by atoms with van der Waals surface area (Å²) in [7, 11) is 0. The monoisotopic (exact) mass is 537 g/mol. The maximum Gasteiger partial charge on any atom is 0.254 e. The number of nitrogens with zero attached hydrogens (tertiary/aromatic N) is 3. The van der Waals surface area contributed by atoms with Crippen LogP contribution in [-0.4, -0.2) is 71.8 Å². The highest BCUT2D eigenvalue weighted by atomic mass is 35.5. The minimum atomic E-state index is -0.242. The Bertz CT molecular complexity index is 1160. The van der Waals surface area contributed by atoms with E-state index in [1.165, 1.54) is 0 Å². The third-order valence-corrected chi connectivity index (χ3v) is 7.72. The fourth-order valence-corrected chi connectivity index (χ4v) is 5.37. The lowest BCUT2D eigenvalue weighted by molar-refractivity contribution is -0.135. The summed E-state index contributed by atoms with van der Waals surface area (Å²) in [5, 5.41) is 0.544. The van der Waals surface area contributed by atoms with Gasteiger partial charge in [0.15, 0.2) is 0 Å². The molecule has 0 aromatic heterocycles. The quantitative estimate of drug-likeness (QED) is 0.520. The highest BCUT2D eigenvalue weighted by molar-refractivity contribution is 6.30. The van der Waals surface area contributed by atoms with Crippen molar-refractivity contribution in [3.05, 3.63) is 76.8 Å². The normalized spacial score (nSPS) is 20.8. The van der Waals surface area contributed by atoms with Gasteiger partial charge in [0.1, 0.15) is 18.9 Å². The predicted molar refractivity (Wildman–Crippen MR) is 148 cm³/mol. The number of fused-ring (bicyclic) bond motifs is 3. The smallest absolute Gasteiger partial charge is 0.254 e. The number of hydrogen-bond donors (Lipinski definition) is 0. The van der Waals surface area contributed by atoms with Crippen LogP contribution in [0.2, 0.25) is 5.02 Å². The van der Waals surface area contributed by atoms with Gasteiger partial charge in [-0.05, 0) is 62.4 Å². The van der Waals surface area contributed by atoms with Crippen LogP contribution in [0.5, 0.6) is 5.75 Å². The van der Waals surface area contributed by atoms with Crippen molar-refractivity contribution in [2.24, 2.45) is 11.8 Å². The van der Waals surface area contributed by atoms with Crippen LogP contribution in [0.3, 0.4) is 0 Å². The lowest BCUT2D eigenvalue weighted by Crippen LogP contribution is -2.48. The number of carbonyl (C=O) groups excluding carboxylic acids is 3. The van der Waals surface area contributed by atoms with Gasteiger partial charge in [0.25, 0.3) is 5.91 Å². The molecule has 2 aromatic rings. The Morgan fingerprint density at radius 3 is 2.53 bits per heavy atom. The number of rotatable bonds is 5. The summed E-state index contributed by atoms with van der Waals surface area (Å²) in [5.74, 6) is 0.668. The number of ether oxygens (including phenoxy) is 1. The van der Waals surface area contributed by atoms with Gasteiger partial charge in [-0.15, -0.1) is 0 Å². The molecule has 2 aliphatic rings. The molecule has 0 spiro atoms. The third kappa shape index (κ3) is 6.76. The standard InChI is InChI=1S/C30H36ClN3O4/c1-3-32(4-2)28(35)18-23-15-16-33-19-24(23)9-7-17-38-27-10-6-5-8-25(27)20-34(21-29(33)36)30(37)22-11-13-26(31)14-12-22/h5-14,23-24H,3-4,15-21H2,1-2H3/b9-7-/t23-,24-/m0/s1. The number of piperidine rings is 1. The van der Waals surface area contributed by atoms with E-state index in [2.05, 4.69) is 6.08 Å². The number of halogens is 1. The van der Waals surface area contributed by atoms with Crippen molar-refractivity contribution in [3.8, 4) is 5.75 Å². The first kappa shape index (κ1) is 27.7. The lowest BCUT2D eigenvalue weighted by atomic mass is 9.82. The Labute approximate surface area is 230 Å². The van der Waals surface area contributed by atoms with Gasteiger partial charge < -0.3 is 19.4 Å². The summed E-state index contributed by atoms with van der Waals surface area (Å²) < 4.78 is 6.09. The first-order valence-corrected chi connectivity index (χ1v) is 13.7. The Hall–Kier alpha value is -3.32. The zero-order valence-corrected chi connectivity index (χ0v) is 22.9. The molecule has 0 unspecified atom stereocenters. The molecule has 0 saturated carbocycles. The molecule has 2 atom stereocenters. The number of amides is 3. The van der Waals surface area contributed by atoms with Gasteiger partial charge in [-0.1, -0.05) is 42.0 Å². The van der Waals surface area contributed by atoms with Crippen LogP contribution in [0.1, 0.15) is 42.6 Å². The zero-order chi connectivity index (χ0) is 27.1. The summed E-state index contributed by atoms with van der Waals surface area (Å²) in [6.45, 7) is 7.01. The molecule has 1 fully saturated rings. The molecule has 2 aromatic carbocycles. The molecule has 8 heteroatoms. The summed E-state index contributed by atoms with van der Waals surface area (Å²) in [6, 6.07) is 14.3. The molecule has 202 valence electrons. The Balaban J connectivity index is 1.60. The first-order chi connectivity index (χ1) is 18.4. The van der Waals surface area contributed by atoms with E-state index in [1.807, 2.05) is 54.0 Å². The van der Waals surface area contributed by atoms with Crippen LogP contribution in [0.4, 0.5) is 0 Å². The van der Waals surface area contributed by atoms with E-state index < -0.39 is 0 Å². The number of hydrogen-bond acceptors (Lipinski definition) is 4. The molecule has 3 amide bonds. The minimum absolute atomic E-state index is 0.0345. The first-order valence-electron chi connectivity index (χ1n) is 13.4. The molecular weight excluding hydrogens is 502 g/mol. The van der Waals surface area contributed by atoms with E-state index in [-0.39, 0.29) is 42.6 Å². The van der Waals surface area contributed by atoms with Crippen LogP contribution in [0.25, 0.3) is 0 Å². The molecule has 38 heavy (non-hydrogen) atoms. The average molecular weight is 538 g/mol. The van der Waals surface area contributed by atoms with Gasteiger partial charge in [0.05, 0.1) is 6.54 Å². The van der Waals surface area contributed by atoms with E-state index in [0.717, 1.165) is 12.0 Å². The zero-order valence-electron chi connectivity index (χ0n) is 22.1. The van der Waals surface area contributed by atoms with Crippen molar-refractivity contribution in [1.29, 1.82) is 0 Å². The van der Waals surface area contributed by atoms with Gasteiger partial charge in [-0.25, -0.2) is 0 Å². The fraction of sp³-hybridized carbons (Fsp3) is 0.433. The van der Waals surface area contributed by atoms with E-state index in [9.17, 15) is 14.4 Å². The van der Waals surface area contributed by atoms with Crippen LogP contribution >= 0.6 is 11.6 Å². The maximum atomic E-state index is 13.5. The molecule has 2 aliphatic heterocycles. The van der Waals surface area contributed by atoms with Gasteiger partial charge in [-0.3, -0.25) is 14.4 Å². The predicted octanol–water partition coefficient (Wildman–Crippen LogP) is 4.65. The number of para-hydroxylation sites is 1. The number of carbonyl (C=O) groups is 3. The highest BCUT2D eigenvalue weighted by Crippen LogP contribution is 2.30. The van der Waals surface area contributed by atoms with Crippen molar-refractivity contribution in [1.82, 2.24) is 14.7 Å². The van der Waals surface area contributed by atoms with Crippen LogP contribution in [0, 0.1) is 11.8 Å². The molecule has 7 nitrogen and oxygen atoms in total. The van der Waals surface area contributed by atoms with Gasteiger partial charge >= 0.3 is 0 Å². The van der Waals surface area contributed by atoms with Crippen LogP contribution in [-0.2, 0) is 16.1 Å². The second-order valence-electron chi connectivity index (χ2n) is 9.84. The van der Waals surface area contributed by atoms with Gasteiger partial charge in [0, 0.05) is 48.7 Å². The fourth-order valence-electron chi connectivity index (χ4n) is 5.25. The van der Waals surface area contributed by atoms with Gasteiger partial charge in [-0.2, -0.15) is 0 Å². The molecule has 4 rings (SSSR count). The molecule has 1 saturated heterocycles. The molecule has 0 aliphatic carbocycles. The van der Waals surface area contributed by atoms with Crippen molar-refractivity contribution < 1.29 is 19.1 Å². The van der Waals surface area contributed by atoms with Crippen molar-refractivity contribution >= 4 is 29.3 Å². The number of benzene rings is 2. The topological polar surface area (TPSA) is 70.2 Å². The van der Waals surface area contributed by atoms with Crippen molar-refractivity contribution in [3.63, 3.8) is 0 Å². The lowest BCUT2D eigenvalue weighted by Gasteiger charge is -2.38. The van der Waals surface area contributed by atoms with E-state index in [1.54, 1.807) is 29.2 Å². The minimum Gasteiger partial charge on any atom is -0.489 e. The summed E-state index contributed by atoms with van der Waals surface area (Å²) in [4.78, 5) is 45.2. The van der Waals surface area contributed by atoms with E-state index >= 15 is 0 Å². The second-order valence-corrected chi connectivity index (χ2v) is 10.3. The Morgan fingerprint density at radius 2 is 1.79 bits per heavy atom. The molecular formula is C30H36ClN3O4. The second kappa shape index (κ2) is 13.0. The summed E-state index contributed by atoms with van der Waals surface area (Å²) in [6.07, 6.45) is 5.28. The Kier molecular flexibility index (Phi) is 9.45. The molecule has 2 heterocycles. The molecule has 0 N–H and O–H groups in total. The van der Waals surface area contributed by atoms with E-state index in [4.69, 9.17) is 16.3 Å². The van der Waals surface area contributed by atoms with Crippen LogP contribution in [0.15, 0.2) is 60.7 Å².